The topological polar surface area (TPSA) is 53.4 Å². The second-order valence-corrected chi connectivity index (χ2v) is 5.47. The third kappa shape index (κ3) is 2.68. The maximum absolute atomic E-state index is 10.8. The summed E-state index contributed by atoms with van der Waals surface area (Å²) in [5.41, 5.74) is 2.34. The van der Waals surface area contributed by atoms with Crippen LogP contribution in [0.3, 0.4) is 0 Å². The fourth-order valence-corrected chi connectivity index (χ4v) is 3.39. The van der Waals surface area contributed by atoms with Gasteiger partial charge in [0.05, 0.1) is 0 Å². The van der Waals surface area contributed by atoms with Crippen LogP contribution in [-0.2, 0) is 11.3 Å². The molecule has 2 atom stereocenters. The van der Waals surface area contributed by atoms with E-state index in [1.165, 1.54) is 24.5 Å². The molecule has 0 saturated carbocycles. The lowest BCUT2D eigenvalue weighted by Gasteiger charge is -2.36. The summed E-state index contributed by atoms with van der Waals surface area (Å²) in [5, 5.41) is 8.86. The second-order valence-electron chi connectivity index (χ2n) is 5.47. The third-order valence-corrected chi connectivity index (χ3v) is 4.18. The summed E-state index contributed by atoms with van der Waals surface area (Å²) in [6.07, 6.45) is 9.30. The van der Waals surface area contributed by atoms with E-state index in [1.54, 1.807) is 6.20 Å². The van der Waals surface area contributed by atoms with E-state index >= 15 is 0 Å². The number of piperidine rings is 1. The van der Waals surface area contributed by atoms with E-state index in [4.69, 9.17) is 5.11 Å². The standard InChI is InChI=1S/C15H18N2O2/c18-15(19)8-12-6-13-3-4-14(7-12)17(13)10-11-2-1-5-16-9-11/h1-2,5,8-9,13-14H,3-4,6-7,10H2,(H,18,19). The van der Waals surface area contributed by atoms with Crippen molar-refractivity contribution in [2.24, 2.45) is 0 Å². The predicted octanol–water partition coefficient (Wildman–Crippen LogP) is 2.22. The van der Waals surface area contributed by atoms with Crippen LogP contribution in [0.1, 0.15) is 31.2 Å². The molecule has 0 radical (unpaired) electrons. The van der Waals surface area contributed by atoms with Crippen LogP contribution in [-0.4, -0.2) is 33.0 Å². The van der Waals surface area contributed by atoms with Crippen LogP contribution in [0, 0.1) is 0 Å². The minimum absolute atomic E-state index is 0.504. The van der Waals surface area contributed by atoms with Crippen LogP contribution in [0.4, 0.5) is 0 Å². The fraction of sp³-hybridized carbons (Fsp3) is 0.467. The Morgan fingerprint density at radius 3 is 2.74 bits per heavy atom. The van der Waals surface area contributed by atoms with Gasteiger partial charge in [-0.3, -0.25) is 9.88 Å². The van der Waals surface area contributed by atoms with Gasteiger partial charge in [0.1, 0.15) is 0 Å². The van der Waals surface area contributed by atoms with Crippen molar-refractivity contribution in [1.29, 1.82) is 0 Å². The van der Waals surface area contributed by atoms with Crippen molar-refractivity contribution in [3.63, 3.8) is 0 Å². The summed E-state index contributed by atoms with van der Waals surface area (Å²) in [6, 6.07) is 5.08. The van der Waals surface area contributed by atoms with Crippen molar-refractivity contribution in [2.75, 3.05) is 0 Å². The molecule has 100 valence electrons. The summed E-state index contributed by atoms with van der Waals surface area (Å²) in [5.74, 6) is -0.810. The van der Waals surface area contributed by atoms with Crippen LogP contribution < -0.4 is 0 Å². The molecule has 4 heteroatoms. The van der Waals surface area contributed by atoms with E-state index in [-0.39, 0.29) is 0 Å². The van der Waals surface area contributed by atoms with Gasteiger partial charge in [0, 0.05) is 37.1 Å². The van der Waals surface area contributed by atoms with Gasteiger partial charge in [0.25, 0.3) is 0 Å². The van der Waals surface area contributed by atoms with Crippen LogP contribution >= 0.6 is 0 Å². The summed E-state index contributed by atoms with van der Waals surface area (Å²) in [6.45, 7) is 0.934. The van der Waals surface area contributed by atoms with Gasteiger partial charge in [0.2, 0.25) is 0 Å². The molecule has 0 spiro atoms. The minimum atomic E-state index is -0.810. The molecule has 0 amide bonds. The highest BCUT2D eigenvalue weighted by molar-refractivity contribution is 5.80. The van der Waals surface area contributed by atoms with E-state index in [0.29, 0.717) is 12.1 Å². The van der Waals surface area contributed by atoms with Crippen LogP contribution in [0.25, 0.3) is 0 Å². The van der Waals surface area contributed by atoms with Crippen molar-refractivity contribution >= 4 is 5.97 Å². The lowest BCUT2D eigenvalue weighted by Crippen LogP contribution is -2.40. The Bertz CT molecular complexity index is 482. The van der Waals surface area contributed by atoms with E-state index < -0.39 is 5.97 Å². The number of carbonyl (C=O) groups is 1. The zero-order chi connectivity index (χ0) is 13.2. The summed E-state index contributed by atoms with van der Waals surface area (Å²) in [4.78, 5) is 17.5. The molecule has 2 saturated heterocycles. The largest absolute Gasteiger partial charge is 0.478 e. The Balaban J connectivity index is 1.72. The second kappa shape index (κ2) is 5.13. The quantitative estimate of drug-likeness (QED) is 0.845. The van der Waals surface area contributed by atoms with Crippen LogP contribution in [0.2, 0.25) is 0 Å². The molecule has 2 unspecified atom stereocenters. The predicted molar refractivity (Wildman–Crippen MR) is 71.5 cm³/mol. The van der Waals surface area contributed by atoms with Crippen molar-refractivity contribution < 1.29 is 9.90 Å². The lowest BCUT2D eigenvalue weighted by atomic mass is 9.96. The molecule has 1 N–H and O–H groups in total. The molecule has 3 heterocycles. The van der Waals surface area contributed by atoms with Gasteiger partial charge in [-0.1, -0.05) is 11.6 Å². The van der Waals surface area contributed by atoms with Crippen molar-refractivity contribution in [3.8, 4) is 0 Å². The Labute approximate surface area is 112 Å². The van der Waals surface area contributed by atoms with Crippen molar-refractivity contribution in [2.45, 2.75) is 44.3 Å². The zero-order valence-corrected chi connectivity index (χ0v) is 10.8. The highest BCUT2D eigenvalue weighted by atomic mass is 16.4. The molecule has 1 aromatic rings. The van der Waals surface area contributed by atoms with Gasteiger partial charge in [-0.15, -0.1) is 0 Å². The van der Waals surface area contributed by atoms with E-state index in [2.05, 4.69) is 16.0 Å². The van der Waals surface area contributed by atoms with E-state index in [9.17, 15) is 4.79 Å². The van der Waals surface area contributed by atoms with Crippen LogP contribution in [0.15, 0.2) is 36.2 Å². The number of nitrogens with zero attached hydrogens (tertiary/aromatic N) is 2. The number of aliphatic carboxylic acids is 1. The molecule has 2 aliphatic rings. The summed E-state index contributed by atoms with van der Waals surface area (Å²) >= 11 is 0. The van der Waals surface area contributed by atoms with Crippen molar-refractivity contribution in [3.05, 3.63) is 41.7 Å². The first-order valence-electron chi connectivity index (χ1n) is 6.79. The summed E-state index contributed by atoms with van der Waals surface area (Å²) < 4.78 is 0. The first-order valence-corrected chi connectivity index (χ1v) is 6.79. The van der Waals surface area contributed by atoms with Gasteiger partial charge in [-0.2, -0.15) is 0 Å². The molecule has 19 heavy (non-hydrogen) atoms. The maximum atomic E-state index is 10.8. The Kier molecular flexibility index (Phi) is 3.34. The van der Waals surface area contributed by atoms with E-state index in [0.717, 1.165) is 25.0 Å². The van der Waals surface area contributed by atoms with Crippen LogP contribution in [0.5, 0.6) is 0 Å². The molecule has 0 aliphatic carbocycles. The first-order chi connectivity index (χ1) is 9.22. The Morgan fingerprint density at radius 2 is 2.16 bits per heavy atom. The molecule has 4 nitrogen and oxygen atoms in total. The SMILES string of the molecule is O=C(O)C=C1CC2CCC(C1)N2Cc1cccnc1. The molecule has 2 aliphatic heterocycles. The van der Waals surface area contributed by atoms with Gasteiger partial charge in [-0.25, -0.2) is 4.79 Å². The molecular formula is C15H18N2O2. The van der Waals surface area contributed by atoms with Gasteiger partial charge in [-0.05, 0) is 37.3 Å². The smallest absolute Gasteiger partial charge is 0.328 e. The molecule has 2 bridgehead atoms. The van der Waals surface area contributed by atoms with Gasteiger partial charge >= 0.3 is 5.97 Å². The zero-order valence-electron chi connectivity index (χ0n) is 10.8. The van der Waals surface area contributed by atoms with Crippen molar-refractivity contribution in [1.82, 2.24) is 9.88 Å². The Morgan fingerprint density at radius 1 is 1.42 bits per heavy atom. The summed E-state index contributed by atoms with van der Waals surface area (Å²) in [7, 11) is 0. The average Bonchev–Trinajstić information content (AvgIpc) is 2.62. The number of carboxylic acids is 1. The van der Waals surface area contributed by atoms with E-state index in [1.807, 2.05) is 12.3 Å². The molecule has 3 rings (SSSR count). The first kappa shape index (κ1) is 12.4. The maximum Gasteiger partial charge on any atom is 0.328 e. The Hall–Kier alpha value is -1.68. The third-order valence-electron chi connectivity index (χ3n) is 4.18. The average molecular weight is 258 g/mol. The van der Waals surface area contributed by atoms with Gasteiger partial charge < -0.3 is 5.11 Å². The normalized spacial score (nSPS) is 26.4. The molecule has 1 aromatic heterocycles. The number of hydrogen-bond acceptors (Lipinski definition) is 3. The number of fused-ring (bicyclic) bond motifs is 2. The number of carboxylic acid groups (broad SMARTS) is 1. The number of rotatable bonds is 3. The minimum Gasteiger partial charge on any atom is -0.478 e. The molecular weight excluding hydrogens is 240 g/mol. The monoisotopic (exact) mass is 258 g/mol. The number of pyridine rings is 1. The molecule has 2 fully saturated rings. The highest BCUT2D eigenvalue weighted by Gasteiger charge is 2.38. The van der Waals surface area contributed by atoms with Gasteiger partial charge in [0.15, 0.2) is 0 Å². The lowest BCUT2D eigenvalue weighted by molar-refractivity contribution is -0.131. The molecule has 0 aromatic carbocycles. The fourth-order valence-electron chi connectivity index (χ4n) is 3.39. The number of aromatic nitrogens is 1. The number of hydrogen-bond donors (Lipinski definition) is 1. The highest BCUT2D eigenvalue weighted by Crippen LogP contribution is 2.39.